The van der Waals surface area contributed by atoms with Gasteiger partial charge in [-0.05, 0) is 37.8 Å². The van der Waals surface area contributed by atoms with E-state index in [1.165, 1.54) is 29.2 Å². The third-order valence-corrected chi connectivity index (χ3v) is 5.58. The number of benzene rings is 1. The van der Waals surface area contributed by atoms with Crippen molar-refractivity contribution in [3.05, 3.63) is 34.6 Å². The Morgan fingerprint density at radius 1 is 1.36 bits per heavy atom. The van der Waals surface area contributed by atoms with Gasteiger partial charge in [0.15, 0.2) is 5.16 Å². The monoisotopic (exact) mass is 357 g/mol. The Bertz CT molecular complexity index is 1020. The summed E-state index contributed by atoms with van der Waals surface area (Å²) in [5.41, 5.74) is 0.642. The quantitative estimate of drug-likeness (QED) is 0.701. The molecule has 0 bridgehead atoms. The minimum Gasteiger partial charge on any atom is -0.353 e. The topological polar surface area (TPSA) is 81.3 Å². The Kier molecular flexibility index (Phi) is 3.99. The number of aryl methyl sites for hydroxylation is 1. The first kappa shape index (κ1) is 16.1. The molecule has 1 fully saturated rings. The summed E-state index contributed by atoms with van der Waals surface area (Å²) in [6.45, 7) is 2.05. The molecular formula is C17H19N5O2S. The molecule has 1 unspecified atom stereocenters. The SMILES string of the molecule is CC(NC(=O)CSc1nnc2n(C)c(=O)c3ccccc3n12)C1CC1. The van der Waals surface area contributed by atoms with Gasteiger partial charge >= 0.3 is 0 Å². The van der Waals surface area contributed by atoms with Crippen LogP contribution in [0.1, 0.15) is 19.8 Å². The number of fused-ring (bicyclic) bond motifs is 3. The van der Waals surface area contributed by atoms with Crippen molar-refractivity contribution >= 4 is 34.3 Å². The Balaban J connectivity index is 1.64. The highest BCUT2D eigenvalue weighted by atomic mass is 32.2. The highest BCUT2D eigenvalue weighted by molar-refractivity contribution is 7.99. The summed E-state index contributed by atoms with van der Waals surface area (Å²) in [6.07, 6.45) is 2.40. The fourth-order valence-electron chi connectivity index (χ4n) is 3.04. The number of para-hydroxylation sites is 1. The van der Waals surface area contributed by atoms with Gasteiger partial charge in [0.05, 0.1) is 16.7 Å². The molecule has 1 saturated carbocycles. The summed E-state index contributed by atoms with van der Waals surface area (Å²) < 4.78 is 3.31. The number of carbonyl (C=O) groups is 1. The molecular weight excluding hydrogens is 338 g/mol. The van der Waals surface area contributed by atoms with Gasteiger partial charge in [-0.3, -0.25) is 18.6 Å². The first-order valence-corrected chi connectivity index (χ1v) is 9.30. The van der Waals surface area contributed by atoms with Crippen LogP contribution in [0.2, 0.25) is 0 Å². The van der Waals surface area contributed by atoms with Crippen LogP contribution >= 0.6 is 11.8 Å². The number of rotatable bonds is 5. The van der Waals surface area contributed by atoms with E-state index in [1.807, 2.05) is 22.6 Å². The molecule has 130 valence electrons. The average Bonchev–Trinajstić information content (AvgIpc) is 3.38. The molecule has 1 aromatic carbocycles. The van der Waals surface area contributed by atoms with Gasteiger partial charge in [0.1, 0.15) is 0 Å². The van der Waals surface area contributed by atoms with Crippen LogP contribution in [0.15, 0.2) is 34.2 Å². The number of nitrogens with zero attached hydrogens (tertiary/aromatic N) is 4. The van der Waals surface area contributed by atoms with E-state index in [1.54, 1.807) is 13.1 Å². The van der Waals surface area contributed by atoms with E-state index in [0.29, 0.717) is 22.2 Å². The number of carbonyl (C=O) groups excluding carboxylic acids is 1. The summed E-state index contributed by atoms with van der Waals surface area (Å²) in [4.78, 5) is 24.6. The maximum Gasteiger partial charge on any atom is 0.262 e. The number of aromatic nitrogens is 4. The molecule has 0 spiro atoms. The molecule has 1 aliphatic carbocycles. The highest BCUT2D eigenvalue weighted by Gasteiger charge is 2.28. The number of hydrogen-bond donors (Lipinski definition) is 1. The van der Waals surface area contributed by atoms with Crippen LogP contribution in [0.3, 0.4) is 0 Å². The Morgan fingerprint density at radius 3 is 2.88 bits per heavy atom. The first-order valence-electron chi connectivity index (χ1n) is 8.31. The van der Waals surface area contributed by atoms with E-state index < -0.39 is 0 Å². The van der Waals surface area contributed by atoms with Gasteiger partial charge in [0.2, 0.25) is 11.7 Å². The minimum absolute atomic E-state index is 0.00437. The first-order chi connectivity index (χ1) is 12.1. The van der Waals surface area contributed by atoms with Gasteiger partial charge in [-0.2, -0.15) is 0 Å². The van der Waals surface area contributed by atoms with Gasteiger partial charge in [-0.15, -0.1) is 10.2 Å². The van der Waals surface area contributed by atoms with Crippen LogP contribution in [0.25, 0.3) is 16.7 Å². The summed E-state index contributed by atoms with van der Waals surface area (Å²) in [5.74, 6) is 1.37. The summed E-state index contributed by atoms with van der Waals surface area (Å²) >= 11 is 1.33. The number of hydrogen-bond acceptors (Lipinski definition) is 5. The highest BCUT2D eigenvalue weighted by Crippen LogP contribution is 2.32. The van der Waals surface area contributed by atoms with Crippen LogP contribution < -0.4 is 10.9 Å². The smallest absolute Gasteiger partial charge is 0.262 e. The fourth-order valence-corrected chi connectivity index (χ4v) is 3.80. The molecule has 25 heavy (non-hydrogen) atoms. The largest absolute Gasteiger partial charge is 0.353 e. The second kappa shape index (κ2) is 6.18. The molecule has 2 heterocycles. The second-order valence-electron chi connectivity index (χ2n) is 6.48. The maximum absolute atomic E-state index is 12.4. The van der Waals surface area contributed by atoms with Crippen molar-refractivity contribution in [2.75, 3.05) is 5.75 Å². The lowest BCUT2D eigenvalue weighted by Gasteiger charge is -2.12. The average molecular weight is 357 g/mol. The van der Waals surface area contributed by atoms with Gasteiger partial charge < -0.3 is 5.32 Å². The lowest BCUT2D eigenvalue weighted by molar-refractivity contribution is -0.119. The molecule has 2 aromatic heterocycles. The molecule has 1 atom stereocenters. The fraction of sp³-hybridized carbons (Fsp3) is 0.412. The predicted molar refractivity (Wildman–Crippen MR) is 96.8 cm³/mol. The zero-order valence-corrected chi connectivity index (χ0v) is 14.9. The molecule has 7 nitrogen and oxygen atoms in total. The van der Waals surface area contributed by atoms with E-state index in [0.717, 1.165) is 5.52 Å². The van der Waals surface area contributed by atoms with Crippen molar-refractivity contribution in [1.29, 1.82) is 0 Å². The Hall–Kier alpha value is -2.35. The zero-order chi connectivity index (χ0) is 17.6. The molecule has 1 aliphatic rings. The van der Waals surface area contributed by atoms with Gasteiger partial charge in [-0.1, -0.05) is 23.9 Å². The summed E-state index contributed by atoms with van der Waals surface area (Å²) in [7, 11) is 1.68. The second-order valence-corrected chi connectivity index (χ2v) is 7.42. The van der Waals surface area contributed by atoms with E-state index >= 15 is 0 Å². The summed E-state index contributed by atoms with van der Waals surface area (Å²) in [6, 6.07) is 7.59. The predicted octanol–water partition coefficient (Wildman–Crippen LogP) is 1.59. The molecule has 0 aliphatic heterocycles. The van der Waals surface area contributed by atoms with Crippen LogP contribution in [-0.2, 0) is 11.8 Å². The molecule has 0 saturated heterocycles. The molecule has 8 heteroatoms. The van der Waals surface area contributed by atoms with Crippen LogP contribution in [0.5, 0.6) is 0 Å². The molecule has 1 N–H and O–H groups in total. The molecule has 4 rings (SSSR count). The van der Waals surface area contributed by atoms with Crippen LogP contribution in [0, 0.1) is 5.92 Å². The van der Waals surface area contributed by atoms with Crippen molar-refractivity contribution in [2.24, 2.45) is 13.0 Å². The van der Waals surface area contributed by atoms with E-state index in [4.69, 9.17) is 0 Å². The minimum atomic E-state index is -0.108. The third kappa shape index (κ3) is 2.90. The van der Waals surface area contributed by atoms with Crippen molar-refractivity contribution in [3.63, 3.8) is 0 Å². The molecule has 1 amide bonds. The Labute approximate surface area is 148 Å². The van der Waals surface area contributed by atoms with Crippen molar-refractivity contribution in [3.8, 4) is 0 Å². The van der Waals surface area contributed by atoms with E-state index in [9.17, 15) is 9.59 Å². The lowest BCUT2D eigenvalue weighted by Crippen LogP contribution is -2.35. The van der Waals surface area contributed by atoms with Crippen molar-refractivity contribution in [2.45, 2.75) is 31.0 Å². The number of thioether (sulfide) groups is 1. The number of nitrogens with one attached hydrogen (secondary N) is 1. The standard InChI is InChI=1S/C17H19N5O2S/c1-10(11-7-8-11)18-14(23)9-25-17-20-19-16-21(2)15(24)12-5-3-4-6-13(12)22(16)17/h3-6,10-11H,7-9H2,1-2H3,(H,18,23). The molecule has 0 radical (unpaired) electrons. The van der Waals surface area contributed by atoms with Gasteiger partial charge in [-0.25, -0.2) is 0 Å². The van der Waals surface area contributed by atoms with Crippen LogP contribution in [-0.4, -0.2) is 36.9 Å². The normalized spacial score (nSPS) is 15.6. The van der Waals surface area contributed by atoms with Gasteiger partial charge in [0, 0.05) is 13.1 Å². The number of amides is 1. The third-order valence-electron chi connectivity index (χ3n) is 4.65. The van der Waals surface area contributed by atoms with E-state index in [2.05, 4.69) is 22.4 Å². The Morgan fingerprint density at radius 2 is 2.12 bits per heavy atom. The van der Waals surface area contributed by atoms with Crippen molar-refractivity contribution in [1.82, 2.24) is 24.5 Å². The van der Waals surface area contributed by atoms with Crippen LogP contribution in [0.4, 0.5) is 0 Å². The lowest BCUT2D eigenvalue weighted by atomic mass is 10.2. The molecule has 3 aromatic rings. The van der Waals surface area contributed by atoms with Crippen molar-refractivity contribution < 1.29 is 4.79 Å². The van der Waals surface area contributed by atoms with Gasteiger partial charge in [0.25, 0.3) is 5.56 Å². The summed E-state index contributed by atoms with van der Waals surface area (Å²) in [5, 5.41) is 12.6. The zero-order valence-electron chi connectivity index (χ0n) is 14.1. The van der Waals surface area contributed by atoms with E-state index in [-0.39, 0.29) is 23.3 Å². The maximum atomic E-state index is 12.4.